The number of nitrogens with zero attached hydrogens (tertiary/aromatic N) is 2. The molecule has 0 saturated carbocycles. The number of hydrogen-bond donors (Lipinski definition) is 1. The second-order valence-electron chi connectivity index (χ2n) is 4.87. The number of nitrogens with one attached hydrogen (secondary N) is 1. The third-order valence-electron chi connectivity index (χ3n) is 3.35. The third kappa shape index (κ3) is 3.60. The van der Waals surface area contributed by atoms with Crippen LogP contribution in [0.3, 0.4) is 0 Å². The number of carbonyl (C=O) groups is 1. The zero-order valence-corrected chi connectivity index (χ0v) is 13.2. The lowest BCUT2D eigenvalue weighted by molar-refractivity contribution is 0.0924. The topological polar surface area (TPSA) is 54.9 Å². The van der Waals surface area contributed by atoms with Gasteiger partial charge in [0, 0.05) is 6.42 Å². The van der Waals surface area contributed by atoms with Gasteiger partial charge in [-0.1, -0.05) is 42.8 Å². The minimum atomic E-state index is -0.732. The quantitative estimate of drug-likeness (QED) is 0.917. The van der Waals surface area contributed by atoms with E-state index in [1.807, 2.05) is 32.0 Å². The van der Waals surface area contributed by atoms with Gasteiger partial charge in [-0.15, -0.1) is 0 Å². The Morgan fingerprint density at radius 3 is 2.77 bits per heavy atom. The molecule has 0 saturated heterocycles. The van der Waals surface area contributed by atoms with Crippen LogP contribution in [0.2, 0.25) is 5.02 Å². The van der Waals surface area contributed by atoms with Gasteiger partial charge in [0.15, 0.2) is 0 Å². The number of rotatable bonds is 5. The van der Waals surface area contributed by atoms with Crippen LogP contribution in [0.5, 0.6) is 0 Å². The number of halogens is 2. The molecule has 1 unspecified atom stereocenters. The fraction of sp³-hybridized carbons (Fsp3) is 0.312. The molecule has 0 radical (unpaired) electrons. The maximum absolute atomic E-state index is 13.4. The number of amides is 1. The number of aryl methyl sites for hydroxylation is 2. The van der Waals surface area contributed by atoms with Gasteiger partial charge in [0.2, 0.25) is 0 Å². The molecule has 116 valence electrons. The van der Waals surface area contributed by atoms with E-state index in [1.54, 1.807) is 6.07 Å². The minimum absolute atomic E-state index is 0.0700. The molecule has 1 amide bonds. The van der Waals surface area contributed by atoms with Gasteiger partial charge < -0.3 is 5.32 Å². The Labute approximate surface area is 133 Å². The molecule has 0 aliphatic carbocycles. The van der Waals surface area contributed by atoms with E-state index in [0.29, 0.717) is 12.2 Å². The highest BCUT2D eigenvalue weighted by Gasteiger charge is 2.20. The first kappa shape index (κ1) is 16.4. The summed E-state index contributed by atoms with van der Waals surface area (Å²) in [5.74, 6) is 0.00948. The van der Waals surface area contributed by atoms with Crippen molar-refractivity contribution in [2.45, 2.75) is 26.3 Å². The number of aromatic nitrogens is 2. The molecule has 1 heterocycles. The van der Waals surface area contributed by atoms with Crippen molar-refractivity contribution in [2.75, 3.05) is 6.67 Å². The molecule has 1 atom stereocenters. The fourth-order valence-electron chi connectivity index (χ4n) is 2.14. The molecule has 1 N–H and O–H groups in total. The number of alkyl halides is 1. The van der Waals surface area contributed by atoms with E-state index in [2.05, 4.69) is 15.3 Å². The van der Waals surface area contributed by atoms with Crippen LogP contribution in [-0.4, -0.2) is 22.5 Å². The van der Waals surface area contributed by atoms with Crippen molar-refractivity contribution in [1.82, 2.24) is 15.3 Å². The lowest BCUT2D eigenvalue weighted by Gasteiger charge is -2.18. The maximum Gasteiger partial charge on any atom is 0.272 e. The van der Waals surface area contributed by atoms with Crippen molar-refractivity contribution in [3.05, 3.63) is 58.1 Å². The second kappa shape index (κ2) is 7.31. The van der Waals surface area contributed by atoms with Gasteiger partial charge >= 0.3 is 0 Å². The Morgan fingerprint density at radius 1 is 1.41 bits per heavy atom. The average molecular weight is 322 g/mol. The second-order valence-corrected chi connectivity index (χ2v) is 5.28. The zero-order chi connectivity index (χ0) is 16.1. The summed E-state index contributed by atoms with van der Waals surface area (Å²) in [6, 6.07) is 6.61. The monoisotopic (exact) mass is 321 g/mol. The molecule has 2 rings (SSSR count). The number of carbonyl (C=O) groups excluding carboxylic acids is 1. The van der Waals surface area contributed by atoms with E-state index in [4.69, 9.17) is 11.6 Å². The maximum atomic E-state index is 13.4. The Morgan fingerprint density at radius 2 is 2.14 bits per heavy atom. The lowest BCUT2D eigenvalue weighted by Crippen LogP contribution is -2.31. The molecule has 0 aliphatic heterocycles. The van der Waals surface area contributed by atoms with Gasteiger partial charge in [0.25, 0.3) is 5.91 Å². The number of hydrogen-bond acceptors (Lipinski definition) is 3. The SMILES string of the molecule is CCc1ncc(Cl)c(C(=O)NC(CF)c2ccccc2C)n1. The van der Waals surface area contributed by atoms with Gasteiger partial charge in [-0.05, 0) is 18.1 Å². The lowest BCUT2D eigenvalue weighted by atomic mass is 10.0. The Balaban J connectivity index is 2.25. The zero-order valence-electron chi connectivity index (χ0n) is 12.4. The first-order chi connectivity index (χ1) is 10.6. The van der Waals surface area contributed by atoms with Crippen LogP contribution < -0.4 is 5.32 Å². The van der Waals surface area contributed by atoms with E-state index >= 15 is 0 Å². The molecule has 4 nitrogen and oxygen atoms in total. The fourth-order valence-corrected chi connectivity index (χ4v) is 2.31. The van der Waals surface area contributed by atoms with E-state index in [1.165, 1.54) is 6.20 Å². The Kier molecular flexibility index (Phi) is 5.44. The molecular weight excluding hydrogens is 305 g/mol. The van der Waals surface area contributed by atoms with Crippen molar-refractivity contribution in [2.24, 2.45) is 0 Å². The van der Waals surface area contributed by atoms with E-state index in [0.717, 1.165) is 11.1 Å². The minimum Gasteiger partial charge on any atom is -0.341 e. The molecule has 2 aromatic rings. The molecule has 0 fully saturated rings. The molecule has 0 aliphatic rings. The largest absolute Gasteiger partial charge is 0.341 e. The molecule has 22 heavy (non-hydrogen) atoms. The molecular formula is C16H17ClFN3O. The first-order valence-electron chi connectivity index (χ1n) is 7.00. The van der Waals surface area contributed by atoms with Crippen molar-refractivity contribution in [3.63, 3.8) is 0 Å². The van der Waals surface area contributed by atoms with Gasteiger partial charge in [0.1, 0.15) is 18.2 Å². The van der Waals surface area contributed by atoms with E-state index in [-0.39, 0.29) is 10.7 Å². The van der Waals surface area contributed by atoms with Crippen molar-refractivity contribution >= 4 is 17.5 Å². The summed E-state index contributed by atoms with van der Waals surface area (Å²) in [7, 11) is 0. The highest BCUT2D eigenvalue weighted by molar-refractivity contribution is 6.33. The van der Waals surface area contributed by atoms with Crippen LogP contribution in [0.1, 0.15) is 40.4 Å². The third-order valence-corrected chi connectivity index (χ3v) is 3.63. The van der Waals surface area contributed by atoms with Crippen molar-refractivity contribution < 1.29 is 9.18 Å². The van der Waals surface area contributed by atoms with Gasteiger partial charge in [-0.25, -0.2) is 14.4 Å². The molecule has 1 aromatic carbocycles. The van der Waals surface area contributed by atoms with Crippen LogP contribution in [0.15, 0.2) is 30.5 Å². The summed E-state index contributed by atoms with van der Waals surface area (Å²) in [6.45, 7) is 3.04. The van der Waals surface area contributed by atoms with Crippen molar-refractivity contribution in [1.29, 1.82) is 0 Å². The summed E-state index contributed by atoms with van der Waals surface area (Å²) < 4.78 is 13.4. The summed E-state index contributed by atoms with van der Waals surface area (Å²) in [5.41, 5.74) is 1.72. The standard InChI is InChI=1S/C16H17ClFN3O/c1-3-14-19-9-12(17)15(21-14)16(22)20-13(8-18)11-7-5-4-6-10(11)2/h4-7,9,13H,3,8H2,1-2H3,(H,20,22). The van der Waals surface area contributed by atoms with Crippen LogP contribution >= 0.6 is 11.6 Å². The smallest absolute Gasteiger partial charge is 0.272 e. The van der Waals surface area contributed by atoms with Gasteiger partial charge in [0.05, 0.1) is 17.3 Å². The average Bonchev–Trinajstić information content (AvgIpc) is 2.53. The predicted octanol–water partition coefficient (Wildman–Crippen LogP) is 3.44. The normalized spacial score (nSPS) is 12.0. The highest BCUT2D eigenvalue weighted by atomic mass is 35.5. The van der Waals surface area contributed by atoms with Crippen LogP contribution in [0.25, 0.3) is 0 Å². The molecule has 0 bridgehead atoms. The summed E-state index contributed by atoms with van der Waals surface area (Å²) >= 11 is 5.97. The molecule has 0 spiro atoms. The van der Waals surface area contributed by atoms with Gasteiger partial charge in [-0.2, -0.15) is 0 Å². The van der Waals surface area contributed by atoms with E-state index in [9.17, 15) is 9.18 Å². The highest BCUT2D eigenvalue weighted by Crippen LogP contribution is 2.20. The van der Waals surface area contributed by atoms with Crippen LogP contribution in [0.4, 0.5) is 4.39 Å². The van der Waals surface area contributed by atoms with Crippen LogP contribution in [0, 0.1) is 6.92 Å². The van der Waals surface area contributed by atoms with Crippen LogP contribution in [-0.2, 0) is 6.42 Å². The first-order valence-corrected chi connectivity index (χ1v) is 7.38. The summed E-state index contributed by atoms with van der Waals surface area (Å²) in [5, 5.41) is 2.79. The predicted molar refractivity (Wildman–Crippen MR) is 83.8 cm³/mol. The Bertz CT molecular complexity index is 678. The summed E-state index contributed by atoms with van der Waals surface area (Å²) in [4.78, 5) is 20.5. The van der Waals surface area contributed by atoms with Gasteiger partial charge in [-0.3, -0.25) is 4.79 Å². The molecule has 1 aromatic heterocycles. The van der Waals surface area contributed by atoms with E-state index < -0.39 is 18.6 Å². The number of benzene rings is 1. The van der Waals surface area contributed by atoms with Crippen molar-refractivity contribution in [3.8, 4) is 0 Å². The summed E-state index contributed by atoms with van der Waals surface area (Å²) in [6.07, 6.45) is 1.97. The molecule has 6 heteroatoms. The Hall–Kier alpha value is -2.01.